The summed E-state index contributed by atoms with van der Waals surface area (Å²) in [4.78, 5) is 21.4. The Bertz CT molecular complexity index is 1430. The molecule has 0 saturated carbocycles. The zero-order chi connectivity index (χ0) is 24.0. The number of hydrogen-bond acceptors (Lipinski definition) is 4. The number of allylic oxidation sites excluding steroid dienone is 6. The summed E-state index contributed by atoms with van der Waals surface area (Å²) in [5, 5.41) is 7.81. The smallest absolute Gasteiger partial charge is 0.255 e. The van der Waals surface area contributed by atoms with E-state index in [-0.39, 0.29) is 5.91 Å². The van der Waals surface area contributed by atoms with Gasteiger partial charge in [0.1, 0.15) is 5.69 Å². The number of carbonyl (C=O) groups excluding carboxylic acids is 1. The lowest BCUT2D eigenvalue weighted by Gasteiger charge is -2.11. The Morgan fingerprint density at radius 2 is 1.89 bits per heavy atom. The van der Waals surface area contributed by atoms with Crippen molar-refractivity contribution in [3.63, 3.8) is 0 Å². The third-order valence-corrected chi connectivity index (χ3v) is 5.86. The number of hydrogen-bond donors (Lipinski definition) is 1. The summed E-state index contributed by atoms with van der Waals surface area (Å²) in [7, 11) is 1.98. The first-order valence-corrected chi connectivity index (χ1v) is 11.5. The van der Waals surface area contributed by atoms with Gasteiger partial charge in [-0.15, -0.1) is 0 Å². The number of nitrogens with zero attached hydrogens (tertiary/aromatic N) is 4. The zero-order valence-electron chi connectivity index (χ0n) is 19.4. The van der Waals surface area contributed by atoms with E-state index in [1.165, 1.54) is 5.57 Å². The van der Waals surface area contributed by atoms with Crippen LogP contribution in [0.25, 0.3) is 17.0 Å². The van der Waals surface area contributed by atoms with E-state index in [9.17, 15) is 4.79 Å². The predicted molar refractivity (Wildman–Crippen MR) is 139 cm³/mol. The molecule has 3 heterocycles. The highest BCUT2D eigenvalue weighted by molar-refractivity contribution is 6.04. The highest BCUT2D eigenvalue weighted by atomic mass is 16.1. The molecule has 6 nitrogen and oxygen atoms in total. The van der Waals surface area contributed by atoms with Crippen LogP contribution in [-0.2, 0) is 13.5 Å². The zero-order valence-corrected chi connectivity index (χ0v) is 19.4. The Balaban J connectivity index is 1.52. The fourth-order valence-electron chi connectivity index (χ4n) is 4.26. The first-order valence-electron chi connectivity index (χ1n) is 11.5. The second-order valence-corrected chi connectivity index (χ2v) is 8.29. The van der Waals surface area contributed by atoms with Gasteiger partial charge in [-0.2, -0.15) is 5.10 Å². The molecule has 4 aromatic rings. The van der Waals surface area contributed by atoms with Crippen LogP contribution in [0.1, 0.15) is 33.6 Å². The molecule has 0 fully saturated rings. The van der Waals surface area contributed by atoms with E-state index in [1.54, 1.807) is 30.7 Å². The predicted octanol–water partition coefficient (Wildman–Crippen LogP) is 5.62. The number of pyridine rings is 2. The lowest BCUT2D eigenvalue weighted by molar-refractivity contribution is 0.102. The molecular weight excluding hydrogens is 434 g/mol. The van der Waals surface area contributed by atoms with E-state index in [0.717, 1.165) is 34.6 Å². The highest BCUT2D eigenvalue weighted by Crippen LogP contribution is 2.32. The number of nitrogens with one attached hydrogen (secondary N) is 1. The minimum Gasteiger partial charge on any atom is -0.322 e. The summed E-state index contributed by atoms with van der Waals surface area (Å²) in [5.41, 5.74) is 7.38. The summed E-state index contributed by atoms with van der Waals surface area (Å²) in [6.07, 6.45) is 17.0. The van der Waals surface area contributed by atoms with Crippen LogP contribution in [-0.4, -0.2) is 25.7 Å². The quantitative estimate of drug-likeness (QED) is 0.406. The highest BCUT2D eigenvalue weighted by Gasteiger charge is 2.21. The molecule has 0 aliphatic heterocycles. The number of aryl methyl sites for hydroxylation is 1. The van der Waals surface area contributed by atoms with Crippen molar-refractivity contribution in [1.82, 2.24) is 19.7 Å². The van der Waals surface area contributed by atoms with Crippen LogP contribution in [0.15, 0.2) is 104 Å². The molecule has 6 heteroatoms. The summed E-state index contributed by atoms with van der Waals surface area (Å²) < 4.78 is 1.94. The van der Waals surface area contributed by atoms with Crippen LogP contribution in [0.4, 0.5) is 5.69 Å². The van der Waals surface area contributed by atoms with Gasteiger partial charge in [0.05, 0.1) is 11.4 Å². The Morgan fingerprint density at radius 3 is 2.71 bits per heavy atom. The molecule has 0 unspecified atom stereocenters. The summed E-state index contributed by atoms with van der Waals surface area (Å²) >= 11 is 0. The van der Waals surface area contributed by atoms with Crippen molar-refractivity contribution < 1.29 is 4.79 Å². The maximum absolute atomic E-state index is 12.9. The summed E-state index contributed by atoms with van der Waals surface area (Å²) in [6.45, 7) is 0. The van der Waals surface area contributed by atoms with Crippen molar-refractivity contribution in [2.75, 3.05) is 5.32 Å². The van der Waals surface area contributed by atoms with E-state index in [1.807, 2.05) is 60.3 Å². The van der Waals surface area contributed by atoms with Crippen molar-refractivity contribution in [1.29, 1.82) is 0 Å². The fourth-order valence-corrected chi connectivity index (χ4v) is 4.26. The maximum atomic E-state index is 12.9. The Kier molecular flexibility index (Phi) is 6.44. The van der Waals surface area contributed by atoms with E-state index in [4.69, 9.17) is 5.10 Å². The number of anilines is 1. The van der Waals surface area contributed by atoms with Gasteiger partial charge in [-0.3, -0.25) is 19.4 Å². The largest absolute Gasteiger partial charge is 0.322 e. The Hall–Kier alpha value is -4.58. The van der Waals surface area contributed by atoms with Crippen LogP contribution in [0.3, 0.4) is 0 Å². The van der Waals surface area contributed by atoms with Gasteiger partial charge in [0.15, 0.2) is 0 Å². The van der Waals surface area contributed by atoms with Gasteiger partial charge >= 0.3 is 0 Å². The SMILES string of the molecule is Cn1nc(-c2ccccn2)c(Cc2cccc(C(=O)Nc3ccncc3)c2)c1C1=CC=CC=CC1. The van der Waals surface area contributed by atoms with Crippen LogP contribution in [0, 0.1) is 0 Å². The van der Waals surface area contributed by atoms with Crippen LogP contribution < -0.4 is 5.32 Å². The third kappa shape index (κ3) is 5.01. The van der Waals surface area contributed by atoms with Crippen molar-refractivity contribution in [3.05, 3.63) is 126 Å². The molecule has 35 heavy (non-hydrogen) atoms. The number of aromatic nitrogens is 4. The van der Waals surface area contributed by atoms with Crippen LogP contribution in [0.5, 0.6) is 0 Å². The topological polar surface area (TPSA) is 72.7 Å². The molecule has 1 N–H and O–H groups in total. The van der Waals surface area contributed by atoms with E-state index < -0.39 is 0 Å². The first kappa shape index (κ1) is 22.2. The molecule has 0 radical (unpaired) electrons. The molecule has 5 rings (SSSR count). The van der Waals surface area contributed by atoms with Crippen molar-refractivity contribution in [3.8, 4) is 11.4 Å². The minimum absolute atomic E-state index is 0.156. The number of carbonyl (C=O) groups is 1. The standard InChI is InChI=1S/C29H25N5O/c1-34-28(22-10-4-2-3-5-11-22)25(27(33-34)26-13-6-7-16-31-26)20-21-9-8-12-23(19-21)29(35)32-24-14-17-30-18-15-24/h2-10,12-19H,11,20H2,1H3,(H,30,32,35). The Labute approximate surface area is 204 Å². The second kappa shape index (κ2) is 10.1. The van der Waals surface area contributed by atoms with E-state index in [2.05, 4.69) is 39.6 Å². The van der Waals surface area contributed by atoms with Gasteiger partial charge in [-0.1, -0.05) is 48.6 Å². The average molecular weight is 460 g/mol. The minimum atomic E-state index is -0.156. The van der Waals surface area contributed by atoms with Crippen LogP contribution >= 0.6 is 0 Å². The molecule has 0 atom stereocenters. The van der Waals surface area contributed by atoms with E-state index in [0.29, 0.717) is 17.7 Å². The van der Waals surface area contributed by atoms with Crippen molar-refractivity contribution >= 4 is 17.2 Å². The van der Waals surface area contributed by atoms with Gasteiger partial charge in [0, 0.05) is 48.9 Å². The third-order valence-electron chi connectivity index (χ3n) is 5.86. The van der Waals surface area contributed by atoms with Crippen molar-refractivity contribution in [2.24, 2.45) is 7.05 Å². The van der Waals surface area contributed by atoms with Crippen molar-refractivity contribution in [2.45, 2.75) is 12.8 Å². The van der Waals surface area contributed by atoms with Gasteiger partial charge in [-0.05, 0) is 54.0 Å². The number of amides is 1. The molecular formula is C29H25N5O. The molecule has 1 aliphatic carbocycles. The summed E-state index contributed by atoms with van der Waals surface area (Å²) in [5.74, 6) is -0.156. The molecule has 3 aromatic heterocycles. The fraction of sp³-hybridized carbons (Fsp3) is 0.103. The normalized spacial score (nSPS) is 12.8. The van der Waals surface area contributed by atoms with E-state index >= 15 is 0 Å². The van der Waals surface area contributed by atoms with Gasteiger partial charge in [-0.25, -0.2) is 0 Å². The molecule has 1 aromatic carbocycles. The molecule has 172 valence electrons. The maximum Gasteiger partial charge on any atom is 0.255 e. The Morgan fingerprint density at radius 1 is 1.00 bits per heavy atom. The lowest BCUT2D eigenvalue weighted by atomic mass is 9.95. The first-order chi connectivity index (χ1) is 17.2. The number of benzene rings is 1. The van der Waals surface area contributed by atoms with Crippen LogP contribution in [0.2, 0.25) is 0 Å². The lowest BCUT2D eigenvalue weighted by Crippen LogP contribution is -2.12. The van der Waals surface area contributed by atoms with Gasteiger partial charge < -0.3 is 5.32 Å². The monoisotopic (exact) mass is 459 g/mol. The molecule has 0 bridgehead atoms. The molecule has 1 amide bonds. The van der Waals surface area contributed by atoms with Gasteiger partial charge in [0.2, 0.25) is 0 Å². The summed E-state index contributed by atoms with van der Waals surface area (Å²) in [6, 6.07) is 17.1. The second-order valence-electron chi connectivity index (χ2n) is 8.29. The number of rotatable bonds is 6. The average Bonchev–Trinajstić information content (AvgIpc) is 3.04. The van der Waals surface area contributed by atoms with Gasteiger partial charge in [0.25, 0.3) is 5.91 Å². The molecule has 0 saturated heterocycles. The molecule has 0 spiro atoms. The molecule has 1 aliphatic rings.